The summed E-state index contributed by atoms with van der Waals surface area (Å²) in [6.07, 6.45) is 3.63. The van der Waals surface area contributed by atoms with Crippen LogP contribution in [0.25, 0.3) is 10.9 Å². The Morgan fingerprint density at radius 1 is 1.15 bits per heavy atom. The molecule has 4 N–H and O–H groups in total. The van der Waals surface area contributed by atoms with E-state index >= 15 is 0 Å². The lowest BCUT2D eigenvalue weighted by Gasteiger charge is -2.46. The number of rotatable bonds is 12. The lowest BCUT2D eigenvalue weighted by Crippen LogP contribution is -2.51. The number of unbranched alkanes of at least 4 members (excludes halogenated alkanes) is 2. The van der Waals surface area contributed by atoms with E-state index in [1.165, 1.54) is 22.0 Å². The maximum Gasteiger partial charge on any atom is 0.335 e. The van der Waals surface area contributed by atoms with Gasteiger partial charge in [0.2, 0.25) is 0 Å². The van der Waals surface area contributed by atoms with Crippen molar-refractivity contribution in [3.05, 3.63) is 48.2 Å². The SMILES string of the molecule is C=CCn1cc2c3c(cccc31)[C@H]1C[C@@H](C(=O)OCCCCCF)CN(CC)[C@@H]1C2.O=C(O)C(O)C(O)C(=O)O. The van der Waals surface area contributed by atoms with Gasteiger partial charge < -0.3 is 29.7 Å². The van der Waals surface area contributed by atoms with Crippen LogP contribution in [-0.2, 0) is 32.1 Å². The lowest BCUT2D eigenvalue weighted by molar-refractivity contribution is -0.165. The van der Waals surface area contributed by atoms with Gasteiger partial charge in [-0.1, -0.05) is 25.1 Å². The third-order valence-electron chi connectivity index (χ3n) is 7.66. The normalized spacial score (nSPS) is 21.4. The third kappa shape index (κ3) is 7.07. The van der Waals surface area contributed by atoms with Gasteiger partial charge in [0.25, 0.3) is 0 Å². The van der Waals surface area contributed by atoms with Crippen LogP contribution < -0.4 is 0 Å². The number of piperidine rings is 1. The number of aliphatic hydroxyl groups excluding tert-OH is 2. The van der Waals surface area contributed by atoms with E-state index in [2.05, 4.69) is 47.4 Å². The molecule has 2 unspecified atom stereocenters. The summed E-state index contributed by atoms with van der Waals surface area (Å²) in [4.78, 5) is 34.8. The second-order valence-electron chi connectivity index (χ2n) is 10.2. The molecule has 1 aromatic carbocycles. The number of nitrogens with zero attached hydrogens (tertiary/aromatic N) is 2. The molecular formula is C29H39FN2O8. The molecule has 2 aromatic rings. The Balaban J connectivity index is 0.000000378. The molecule has 11 heteroatoms. The molecule has 1 aliphatic heterocycles. The molecule has 1 aliphatic carbocycles. The molecule has 0 bridgehead atoms. The molecule has 0 saturated carbocycles. The first kappa shape index (κ1) is 31.3. The summed E-state index contributed by atoms with van der Waals surface area (Å²) in [6.45, 7) is 8.69. The van der Waals surface area contributed by atoms with Crippen LogP contribution in [0.4, 0.5) is 4.39 Å². The highest BCUT2D eigenvalue weighted by atomic mass is 19.1. The van der Waals surface area contributed by atoms with Crippen molar-refractivity contribution >= 4 is 28.8 Å². The Bertz CT molecular complexity index is 1180. The largest absolute Gasteiger partial charge is 0.479 e. The predicted octanol–water partition coefficient (Wildman–Crippen LogP) is 2.74. The fourth-order valence-electron chi connectivity index (χ4n) is 5.73. The topological polar surface area (TPSA) is 150 Å². The minimum absolute atomic E-state index is 0.0886. The highest BCUT2D eigenvalue weighted by Crippen LogP contribution is 2.45. The number of carboxylic acid groups (broad SMARTS) is 2. The van der Waals surface area contributed by atoms with Gasteiger partial charge in [-0.25, -0.2) is 9.59 Å². The number of hydrogen-bond acceptors (Lipinski definition) is 7. The lowest BCUT2D eigenvalue weighted by atomic mass is 9.72. The third-order valence-corrected chi connectivity index (χ3v) is 7.66. The maximum absolute atomic E-state index is 12.8. The molecular weight excluding hydrogens is 523 g/mol. The number of benzene rings is 1. The average molecular weight is 563 g/mol. The van der Waals surface area contributed by atoms with Crippen LogP contribution in [-0.4, -0.2) is 92.4 Å². The number of aliphatic carboxylic acids is 2. The Labute approximate surface area is 232 Å². The Morgan fingerprint density at radius 3 is 2.45 bits per heavy atom. The highest BCUT2D eigenvalue weighted by Gasteiger charge is 2.43. The fraction of sp³-hybridized carbons (Fsp3) is 0.552. The average Bonchev–Trinajstić information content (AvgIpc) is 3.30. The molecule has 0 radical (unpaired) electrons. The van der Waals surface area contributed by atoms with Crippen molar-refractivity contribution in [2.75, 3.05) is 26.4 Å². The van der Waals surface area contributed by atoms with Gasteiger partial charge in [-0.05, 0) is 55.8 Å². The number of fused-ring (bicyclic) bond motifs is 2. The molecule has 4 rings (SSSR count). The van der Waals surface area contributed by atoms with Crippen molar-refractivity contribution in [2.24, 2.45) is 5.92 Å². The number of aliphatic hydroxyl groups is 2. The van der Waals surface area contributed by atoms with Gasteiger partial charge in [0.15, 0.2) is 12.2 Å². The van der Waals surface area contributed by atoms with Gasteiger partial charge in [-0.3, -0.25) is 14.1 Å². The number of allylic oxidation sites excluding steroid dienone is 1. The zero-order chi connectivity index (χ0) is 29.4. The summed E-state index contributed by atoms with van der Waals surface area (Å²) >= 11 is 0. The molecule has 40 heavy (non-hydrogen) atoms. The van der Waals surface area contributed by atoms with Gasteiger partial charge in [-0.15, -0.1) is 6.58 Å². The molecule has 1 fully saturated rings. The molecule has 0 spiro atoms. The van der Waals surface area contributed by atoms with Gasteiger partial charge in [0.1, 0.15) is 0 Å². The van der Waals surface area contributed by atoms with Gasteiger partial charge in [0, 0.05) is 42.1 Å². The van der Waals surface area contributed by atoms with Gasteiger partial charge in [0.05, 0.1) is 19.2 Å². The second kappa shape index (κ2) is 14.4. The number of aromatic nitrogens is 1. The van der Waals surface area contributed by atoms with Crippen LogP contribution in [0, 0.1) is 5.92 Å². The van der Waals surface area contributed by atoms with Gasteiger partial charge in [-0.2, -0.15) is 0 Å². The van der Waals surface area contributed by atoms with Crippen molar-refractivity contribution in [1.29, 1.82) is 0 Å². The van der Waals surface area contributed by atoms with E-state index in [0.29, 0.717) is 25.0 Å². The number of esters is 1. The van der Waals surface area contributed by atoms with Crippen molar-refractivity contribution in [3.8, 4) is 0 Å². The number of likely N-dealkylation sites (N-methyl/N-ethyl adjacent to an activating group) is 1. The zero-order valence-electron chi connectivity index (χ0n) is 22.7. The van der Waals surface area contributed by atoms with E-state index in [1.54, 1.807) is 0 Å². The highest BCUT2D eigenvalue weighted by molar-refractivity contribution is 5.89. The summed E-state index contributed by atoms with van der Waals surface area (Å²) in [5, 5.41) is 33.9. The molecule has 1 aromatic heterocycles. The van der Waals surface area contributed by atoms with Crippen molar-refractivity contribution in [1.82, 2.24) is 9.47 Å². The molecule has 2 aliphatic rings. The minimum atomic E-state index is -2.27. The molecule has 2 heterocycles. The number of alkyl halides is 1. The number of carbonyl (C=O) groups excluding carboxylic acids is 1. The number of likely N-dealkylation sites (tertiary alicyclic amines) is 1. The molecule has 1 saturated heterocycles. The summed E-state index contributed by atoms with van der Waals surface area (Å²) in [6, 6.07) is 7.02. The minimum Gasteiger partial charge on any atom is -0.479 e. The van der Waals surface area contributed by atoms with E-state index in [-0.39, 0.29) is 18.6 Å². The molecule has 10 nitrogen and oxygen atoms in total. The van der Waals surface area contributed by atoms with E-state index in [1.807, 2.05) is 6.08 Å². The van der Waals surface area contributed by atoms with Crippen LogP contribution in [0.2, 0.25) is 0 Å². The van der Waals surface area contributed by atoms with Gasteiger partial charge >= 0.3 is 17.9 Å². The summed E-state index contributed by atoms with van der Waals surface area (Å²) in [7, 11) is 0. The quantitative estimate of drug-likeness (QED) is 0.174. The second-order valence-corrected chi connectivity index (χ2v) is 10.2. The standard InChI is InChI=1S/C25H33FN2O2.C4H6O6/c1-3-12-28-16-18-15-23-21(20-9-8-10-22(28)24(18)20)14-19(17-27(23)4-2)25(29)30-13-7-5-6-11-26;5-1(3(7)8)2(6)4(9)10/h3,8-10,16,19,21,23H,1,4-7,11-15,17H2,2H3;1-2,5-6H,(H,7,8)(H,9,10)/t19-,21-,23-;/m1./s1. The van der Waals surface area contributed by atoms with E-state index in [4.69, 9.17) is 25.2 Å². The number of carbonyl (C=O) groups is 3. The van der Waals surface area contributed by atoms with Crippen molar-refractivity contribution in [2.45, 2.75) is 69.7 Å². The predicted molar refractivity (Wildman–Crippen MR) is 146 cm³/mol. The Kier molecular flexibility index (Phi) is 11.2. The van der Waals surface area contributed by atoms with Crippen LogP contribution in [0.5, 0.6) is 0 Å². The summed E-state index contributed by atoms with van der Waals surface area (Å²) in [5.41, 5.74) is 4.05. The van der Waals surface area contributed by atoms with Crippen LogP contribution >= 0.6 is 0 Å². The monoisotopic (exact) mass is 562 g/mol. The van der Waals surface area contributed by atoms with Crippen LogP contribution in [0.3, 0.4) is 0 Å². The van der Waals surface area contributed by atoms with E-state index in [9.17, 15) is 18.8 Å². The summed E-state index contributed by atoms with van der Waals surface area (Å²) in [5.74, 6) is -3.38. The summed E-state index contributed by atoms with van der Waals surface area (Å²) < 4.78 is 20.1. The Hall–Kier alpha value is -3.28. The first-order chi connectivity index (χ1) is 19.1. The number of carboxylic acids is 2. The smallest absolute Gasteiger partial charge is 0.335 e. The molecule has 0 amide bonds. The number of halogens is 1. The Morgan fingerprint density at radius 2 is 1.85 bits per heavy atom. The van der Waals surface area contributed by atoms with Crippen LogP contribution in [0.15, 0.2) is 37.1 Å². The van der Waals surface area contributed by atoms with E-state index < -0.39 is 24.1 Å². The molecule has 5 atom stereocenters. The first-order valence-electron chi connectivity index (χ1n) is 13.6. The van der Waals surface area contributed by atoms with E-state index in [0.717, 1.165) is 45.3 Å². The maximum atomic E-state index is 12.8. The van der Waals surface area contributed by atoms with Crippen molar-refractivity contribution in [3.63, 3.8) is 0 Å². The first-order valence-corrected chi connectivity index (χ1v) is 13.6. The fourth-order valence-corrected chi connectivity index (χ4v) is 5.73. The van der Waals surface area contributed by atoms with Crippen LogP contribution in [0.1, 0.15) is 49.7 Å². The number of hydrogen-bond donors (Lipinski definition) is 4. The number of ether oxygens (including phenoxy) is 1. The van der Waals surface area contributed by atoms with Crippen molar-refractivity contribution < 1.29 is 43.9 Å². The zero-order valence-corrected chi connectivity index (χ0v) is 22.7. The molecule has 220 valence electrons.